The third kappa shape index (κ3) is 7.64. The Labute approximate surface area is 217 Å². The Morgan fingerprint density at radius 1 is 0.946 bits per heavy atom. The largest absolute Gasteiger partial charge is 0.493 e. The van der Waals surface area contributed by atoms with Crippen LogP contribution in [0.15, 0.2) is 78.9 Å². The molecule has 0 unspecified atom stereocenters. The Balaban J connectivity index is 1.63. The van der Waals surface area contributed by atoms with Gasteiger partial charge in [0.25, 0.3) is 5.91 Å². The second-order valence-electron chi connectivity index (χ2n) is 8.08. The average molecular weight is 499 g/mol. The summed E-state index contributed by atoms with van der Waals surface area (Å²) < 4.78 is 22.5. The first-order valence-corrected chi connectivity index (χ1v) is 11.7. The molecule has 7 nitrogen and oxygen atoms in total. The molecule has 1 amide bonds. The van der Waals surface area contributed by atoms with E-state index >= 15 is 0 Å². The molecule has 0 fully saturated rings. The maximum atomic E-state index is 12.6. The summed E-state index contributed by atoms with van der Waals surface area (Å²) >= 11 is 0. The first-order valence-electron chi connectivity index (χ1n) is 11.7. The molecule has 3 aromatic rings. The van der Waals surface area contributed by atoms with Crippen LogP contribution in [0.3, 0.4) is 0 Å². The molecule has 0 bridgehead atoms. The smallest absolute Gasteiger partial charge is 0.266 e. The van der Waals surface area contributed by atoms with Crippen molar-refractivity contribution in [2.45, 2.75) is 13.3 Å². The van der Waals surface area contributed by atoms with Crippen molar-refractivity contribution >= 4 is 17.7 Å². The van der Waals surface area contributed by atoms with Crippen molar-refractivity contribution in [3.8, 4) is 29.1 Å². The topological polar surface area (TPSA) is 89.8 Å². The lowest BCUT2D eigenvalue weighted by atomic mass is 10.1. The van der Waals surface area contributed by atoms with Crippen LogP contribution in [0.25, 0.3) is 6.08 Å². The first kappa shape index (κ1) is 26.9. The van der Waals surface area contributed by atoms with E-state index in [1.165, 1.54) is 13.2 Å². The Kier molecular flexibility index (Phi) is 9.74. The summed E-state index contributed by atoms with van der Waals surface area (Å²) in [6, 6.07) is 20.3. The van der Waals surface area contributed by atoms with Gasteiger partial charge in [0, 0.05) is 5.69 Å². The van der Waals surface area contributed by atoms with Gasteiger partial charge >= 0.3 is 0 Å². The summed E-state index contributed by atoms with van der Waals surface area (Å²) in [7, 11) is 3.12. The van der Waals surface area contributed by atoms with Crippen LogP contribution in [0.4, 0.5) is 5.69 Å². The highest BCUT2D eigenvalue weighted by Gasteiger charge is 2.12. The molecule has 0 heterocycles. The van der Waals surface area contributed by atoms with Crippen LogP contribution in [0.1, 0.15) is 16.7 Å². The van der Waals surface area contributed by atoms with Crippen molar-refractivity contribution in [3.63, 3.8) is 0 Å². The van der Waals surface area contributed by atoms with E-state index in [1.54, 1.807) is 31.4 Å². The molecular weight excluding hydrogens is 468 g/mol. The second kappa shape index (κ2) is 13.4. The molecular formula is C30H30N2O5. The van der Waals surface area contributed by atoms with Crippen LogP contribution in [0.5, 0.6) is 23.0 Å². The Morgan fingerprint density at radius 3 is 2.24 bits per heavy atom. The monoisotopic (exact) mass is 498 g/mol. The number of anilines is 1. The van der Waals surface area contributed by atoms with E-state index in [2.05, 4.69) is 11.9 Å². The molecule has 0 spiro atoms. The van der Waals surface area contributed by atoms with Crippen molar-refractivity contribution in [3.05, 3.63) is 95.6 Å². The number of amides is 1. The fraction of sp³-hybridized carbons (Fsp3) is 0.200. The molecule has 0 saturated heterocycles. The fourth-order valence-electron chi connectivity index (χ4n) is 3.56. The highest BCUT2D eigenvalue weighted by atomic mass is 16.5. The minimum Gasteiger partial charge on any atom is -0.493 e. The van der Waals surface area contributed by atoms with E-state index in [0.717, 1.165) is 17.5 Å². The van der Waals surface area contributed by atoms with Gasteiger partial charge in [-0.3, -0.25) is 4.79 Å². The number of nitrogens with zero attached hydrogens (tertiary/aromatic N) is 1. The van der Waals surface area contributed by atoms with E-state index in [0.29, 0.717) is 40.9 Å². The number of nitrogens with one attached hydrogen (secondary N) is 1. The summed E-state index contributed by atoms with van der Waals surface area (Å²) in [5.41, 5.74) is 3.31. The van der Waals surface area contributed by atoms with Gasteiger partial charge in [-0.25, -0.2) is 0 Å². The number of hydrogen-bond donors (Lipinski definition) is 1. The van der Waals surface area contributed by atoms with Crippen molar-refractivity contribution < 1.29 is 23.7 Å². The van der Waals surface area contributed by atoms with E-state index in [1.807, 2.05) is 55.5 Å². The maximum absolute atomic E-state index is 12.6. The fourth-order valence-corrected chi connectivity index (χ4v) is 3.56. The number of ether oxygens (including phenoxy) is 4. The lowest BCUT2D eigenvalue weighted by Crippen LogP contribution is -2.13. The third-order valence-corrected chi connectivity index (χ3v) is 5.35. The van der Waals surface area contributed by atoms with Crippen LogP contribution >= 0.6 is 0 Å². The summed E-state index contributed by atoms with van der Waals surface area (Å²) in [6.45, 7) is 6.24. The van der Waals surface area contributed by atoms with Gasteiger partial charge in [-0.1, -0.05) is 30.3 Å². The SMILES string of the molecule is C=CCc1ccc(OCCOc2ccc(/C=C(\C#N)C(=O)Nc3cccc(C)c3)cc2OC)c(OC)c1. The Hall–Kier alpha value is -4.70. The molecule has 3 aromatic carbocycles. The molecule has 37 heavy (non-hydrogen) atoms. The highest BCUT2D eigenvalue weighted by molar-refractivity contribution is 6.09. The number of hydrogen-bond acceptors (Lipinski definition) is 6. The van der Waals surface area contributed by atoms with Crippen molar-refractivity contribution in [2.75, 3.05) is 32.8 Å². The quantitative estimate of drug-likeness (QED) is 0.148. The molecule has 0 atom stereocenters. The Bertz CT molecular complexity index is 1320. The van der Waals surface area contributed by atoms with E-state index in [9.17, 15) is 10.1 Å². The summed E-state index contributed by atoms with van der Waals surface area (Å²) in [5, 5.41) is 12.3. The molecule has 0 aliphatic carbocycles. The van der Waals surface area contributed by atoms with Gasteiger partial charge in [0.1, 0.15) is 24.9 Å². The maximum Gasteiger partial charge on any atom is 0.266 e. The van der Waals surface area contributed by atoms with Crippen LogP contribution in [0, 0.1) is 18.3 Å². The van der Waals surface area contributed by atoms with Gasteiger partial charge in [-0.2, -0.15) is 5.26 Å². The van der Waals surface area contributed by atoms with Crippen molar-refractivity contribution in [2.24, 2.45) is 0 Å². The summed E-state index contributed by atoms with van der Waals surface area (Å²) in [5.74, 6) is 1.76. The minimum absolute atomic E-state index is 0.0290. The van der Waals surface area contributed by atoms with Gasteiger partial charge in [0.05, 0.1) is 14.2 Å². The predicted octanol–water partition coefficient (Wildman–Crippen LogP) is 5.74. The van der Waals surface area contributed by atoms with Crippen LogP contribution < -0.4 is 24.3 Å². The average Bonchev–Trinajstić information content (AvgIpc) is 2.90. The van der Waals surface area contributed by atoms with Crippen LogP contribution in [-0.2, 0) is 11.2 Å². The number of nitriles is 1. The number of carbonyl (C=O) groups is 1. The number of benzene rings is 3. The zero-order chi connectivity index (χ0) is 26.6. The van der Waals surface area contributed by atoms with E-state index < -0.39 is 5.91 Å². The molecule has 0 saturated carbocycles. The van der Waals surface area contributed by atoms with Crippen LogP contribution in [0.2, 0.25) is 0 Å². The lowest BCUT2D eigenvalue weighted by molar-refractivity contribution is -0.112. The van der Waals surface area contributed by atoms with Gasteiger partial charge in [0.15, 0.2) is 23.0 Å². The molecule has 0 aliphatic rings. The first-order chi connectivity index (χ1) is 18.0. The highest BCUT2D eigenvalue weighted by Crippen LogP contribution is 2.30. The molecule has 0 aliphatic heterocycles. The second-order valence-corrected chi connectivity index (χ2v) is 8.08. The number of methoxy groups -OCH3 is 2. The number of aryl methyl sites for hydroxylation is 1. The third-order valence-electron chi connectivity index (χ3n) is 5.35. The molecule has 1 N–H and O–H groups in total. The zero-order valence-electron chi connectivity index (χ0n) is 21.2. The normalized spacial score (nSPS) is 10.7. The molecule has 3 rings (SSSR count). The Morgan fingerprint density at radius 2 is 1.62 bits per heavy atom. The number of allylic oxidation sites excluding steroid dienone is 1. The van der Waals surface area contributed by atoms with Gasteiger partial charge in [-0.05, 0) is 72.5 Å². The molecule has 0 aromatic heterocycles. The number of rotatable bonds is 12. The van der Waals surface area contributed by atoms with Gasteiger partial charge in [-0.15, -0.1) is 6.58 Å². The lowest BCUT2D eigenvalue weighted by Gasteiger charge is -2.14. The number of carbonyl (C=O) groups excluding carboxylic acids is 1. The van der Waals surface area contributed by atoms with E-state index in [4.69, 9.17) is 18.9 Å². The van der Waals surface area contributed by atoms with Crippen molar-refractivity contribution in [1.29, 1.82) is 5.26 Å². The van der Waals surface area contributed by atoms with Gasteiger partial charge < -0.3 is 24.3 Å². The standard InChI is InChI=1S/C30H30N2O5/c1-5-7-22-10-12-26(28(18-22)34-3)36-14-15-37-27-13-11-23(19-29(27)35-4)17-24(20-31)30(33)32-25-9-6-8-21(2)16-25/h5-6,8-13,16-19H,1,7,14-15H2,2-4H3,(H,32,33)/b24-17+. The van der Waals surface area contributed by atoms with Gasteiger partial charge in [0.2, 0.25) is 0 Å². The molecule has 190 valence electrons. The van der Waals surface area contributed by atoms with Crippen LogP contribution in [-0.4, -0.2) is 33.3 Å². The molecule has 7 heteroatoms. The zero-order valence-corrected chi connectivity index (χ0v) is 21.2. The molecule has 0 radical (unpaired) electrons. The van der Waals surface area contributed by atoms with E-state index in [-0.39, 0.29) is 12.2 Å². The minimum atomic E-state index is -0.488. The predicted molar refractivity (Wildman–Crippen MR) is 144 cm³/mol. The van der Waals surface area contributed by atoms with Crippen molar-refractivity contribution in [1.82, 2.24) is 0 Å². The summed E-state index contributed by atoms with van der Waals surface area (Å²) in [4.78, 5) is 12.6. The summed E-state index contributed by atoms with van der Waals surface area (Å²) in [6.07, 6.45) is 4.08.